The standard InChI is InChI=1S/C16H18ClNO/c1-11-8-12(2)10-14(9-11)19-16-13(6-7-18)4-3-5-15(16)17/h3-5,8-10H,6-7,18H2,1-2H3. The third-order valence-electron chi connectivity index (χ3n) is 2.88. The van der Waals surface area contributed by atoms with Crippen LogP contribution in [0.25, 0.3) is 0 Å². The van der Waals surface area contributed by atoms with Gasteiger partial charge in [-0.2, -0.15) is 0 Å². The maximum atomic E-state index is 6.23. The van der Waals surface area contributed by atoms with E-state index in [1.54, 1.807) is 0 Å². The van der Waals surface area contributed by atoms with Crippen molar-refractivity contribution in [3.63, 3.8) is 0 Å². The number of rotatable bonds is 4. The first-order valence-corrected chi connectivity index (χ1v) is 6.71. The Morgan fingerprint density at radius 3 is 2.42 bits per heavy atom. The van der Waals surface area contributed by atoms with E-state index in [9.17, 15) is 0 Å². The van der Waals surface area contributed by atoms with Crippen LogP contribution in [0.5, 0.6) is 11.5 Å². The van der Waals surface area contributed by atoms with Gasteiger partial charge in [0.15, 0.2) is 0 Å². The molecule has 2 aromatic carbocycles. The van der Waals surface area contributed by atoms with E-state index in [0.717, 1.165) is 17.7 Å². The van der Waals surface area contributed by atoms with Gasteiger partial charge in [0.25, 0.3) is 0 Å². The van der Waals surface area contributed by atoms with E-state index in [1.807, 2.05) is 44.2 Å². The quantitative estimate of drug-likeness (QED) is 0.905. The minimum atomic E-state index is 0.573. The van der Waals surface area contributed by atoms with Crippen molar-refractivity contribution in [2.45, 2.75) is 20.3 Å². The van der Waals surface area contributed by atoms with Crippen LogP contribution >= 0.6 is 11.6 Å². The maximum Gasteiger partial charge on any atom is 0.149 e. The molecule has 3 heteroatoms. The first kappa shape index (κ1) is 13.9. The molecule has 0 unspecified atom stereocenters. The summed E-state index contributed by atoms with van der Waals surface area (Å²) in [6.45, 7) is 4.67. The molecule has 0 amide bonds. The summed E-state index contributed by atoms with van der Waals surface area (Å²) >= 11 is 6.23. The summed E-state index contributed by atoms with van der Waals surface area (Å²) in [5, 5.41) is 0.616. The van der Waals surface area contributed by atoms with Crippen LogP contribution in [-0.4, -0.2) is 6.54 Å². The van der Waals surface area contributed by atoms with Gasteiger partial charge in [0.2, 0.25) is 0 Å². The Labute approximate surface area is 119 Å². The van der Waals surface area contributed by atoms with Crippen molar-refractivity contribution in [1.82, 2.24) is 0 Å². The van der Waals surface area contributed by atoms with Crippen molar-refractivity contribution in [2.24, 2.45) is 5.73 Å². The van der Waals surface area contributed by atoms with Gasteiger partial charge >= 0.3 is 0 Å². The fraction of sp³-hybridized carbons (Fsp3) is 0.250. The molecule has 0 radical (unpaired) electrons. The second-order valence-corrected chi connectivity index (χ2v) is 5.10. The predicted molar refractivity (Wildman–Crippen MR) is 80.2 cm³/mol. The lowest BCUT2D eigenvalue weighted by Crippen LogP contribution is -2.04. The number of benzene rings is 2. The van der Waals surface area contributed by atoms with Gasteiger partial charge in [-0.15, -0.1) is 0 Å². The van der Waals surface area contributed by atoms with Crippen molar-refractivity contribution in [3.8, 4) is 11.5 Å². The van der Waals surface area contributed by atoms with Gasteiger partial charge in [0, 0.05) is 0 Å². The molecule has 0 saturated carbocycles. The van der Waals surface area contributed by atoms with Gasteiger partial charge in [-0.1, -0.05) is 29.8 Å². The number of hydrogen-bond donors (Lipinski definition) is 1. The van der Waals surface area contributed by atoms with Crippen LogP contribution in [0.15, 0.2) is 36.4 Å². The van der Waals surface area contributed by atoms with Crippen LogP contribution < -0.4 is 10.5 Å². The lowest BCUT2D eigenvalue weighted by molar-refractivity contribution is 0.475. The summed E-state index contributed by atoms with van der Waals surface area (Å²) in [6, 6.07) is 11.9. The number of halogens is 1. The predicted octanol–water partition coefficient (Wildman–Crippen LogP) is 4.25. The fourth-order valence-electron chi connectivity index (χ4n) is 2.13. The van der Waals surface area contributed by atoms with Crippen molar-refractivity contribution >= 4 is 11.6 Å². The molecule has 0 bridgehead atoms. The molecular weight excluding hydrogens is 258 g/mol. The summed E-state index contributed by atoms with van der Waals surface area (Å²) in [6.07, 6.45) is 0.751. The monoisotopic (exact) mass is 275 g/mol. The number of aryl methyl sites for hydroxylation is 2. The largest absolute Gasteiger partial charge is 0.455 e. The summed E-state index contributed by atoms with van der Waals surface area (Å²) < 4.78 is 5.97. The van der Waals surface area contributed by atoms with Gasteiger partial charge in [-0.25, -0.2) is 0 Å². The summed E-state index contributed by atoms with van der Waals surface area (Å²) in [5.41, 5.74) is 9.00. The molecule has 0 aromatic heterocycles. The Kier molecular flexibility index (Phi) is 4.46. The summed E-state index contributed by atoms with van der Waals surface area (Å²) in [5.74, 6) is 1.52. The molecule has 0 spiro atoms. The molecule has 0 fully saturated rings. The van der Waals surface area contributed by atoms with Gasteiger partial charge in [-0.05, 0) is 61.7 Å². The first-order valence-electron chi connectivity index (χ1n) is 6.34. The van der Waals surface area contributed by atoms with Crippen LogP contribution in [0, 0.1) is 13.8 Å². The number of ether oxygens (including phenoxy) is 1. The Balaban J connectivity index is 2.36. The van der Waals surface area contributed by atoms with Gasteiger partial charge in [0.05, 0.1) is 5.02 Å². The second-order valence-electron chi connectivity index (χ2n) is 4.69. The van der Waals surface area contributed by atoms with Crippen molar-refractivity contribution in [2.75, 3.05) is 6.54 Å². The molecule has 2 nitrogen and oxygen atoms in total. The number of para-hydroxylation sites is 1. The van der Waals surface area contributed by atoms with E-state index in [-0.39, 0.29) is 0 Å². The van der Waals surface area contributed by atoms with E-state index >= 15 is 0 Å². The van der Waals surface area contributed by atoms with Crippen molar-refractivity contribution in [1.29, 1.82) is 0 Å². The fourth-order valence-corrected chi connectivity index (χ4v) is 2.36. The van der Waals surface area contributed by atoms with Crippen molar-refractivity contribution < 1.29 is 4.74 Å². The Hall–Kier alpha value is -1.51. The number of nitrogens with two attached hydrogens (primary N) is 1. The normalized spacial score (nSPS) is 10.5. The minimum absolute atomic E-state index is 0.573. The van der Waals surface area contributed by atoms with E-state index < -0.39 is 0 Å². The molecule has 19 heavy (non-hydrogen) atoms. The highest BCUT2D eigenvalue weighted by molar-refractivity contribution is 6.32. The molecule has 0 saturated heterocycles. The molecule has 0 aliphatic heterocycles. The summed E-state index contributed by atoms with van der Waals surface area (Å²) in [7, 11) is 0. The zero-order valence-corrected chi connectivity index (χ0v) is 12.0. The lowest BCUT2D eigenvalue weighted by Gasteiger charge is -2.13. The third-order valence-corrected chi connectivity index (χ3v) is 3.17. The molecule has 2 rings (SSSR count). The van der Waals surface area contributed by atoms with E-state index in [2.05, 4.69) is 6.07 Å². The molecule has 0 aliphatic carbocycles. The zero-order valence-electron chi connectivity index (χ0n) is 11.2. The van der Waals surface area contributed by atoms with Crippen LogP contribution in [-0.2, 0) is 6.42 Å². The molecule has 0 atom stereocenters. The molecular formula is C16H18ClNO. The van der Waals surface area contributed by atoms with E-state index in [1.165, 1.54) is 11.1 Å². The van der Waals surface area contributed by atoms with Crippen molar-refractivity contribution in [3.05, 3.63) is 58.1 Å². The molecule has 2 N–H and O–H groups in total. The smallest absolute Gasteiger partial charge is 0.149 e. The first-order chi connectivity index (χ1) is 9.10. The average Bonchev–Trinajstić information content (AvgIpc) is 2.32. The highest BCUT2D eigenvalue weighted by atomic mass is 35.5. The highest BCUT2D eigenvalue weighted by Crippen LogP contribution is 2.33. The topological polar surface area (TPSA) is 35.2 Å². The summed E-state index contributed by atoms with van der Waals surface area (Å²) in [4.78, 5) is 0. The van der Waals surface area contributed by atoms with E-state index in [4.69, 9.17) is 22.1 Å². The SMILES string of the molecule is Cc1cc(C)cc(Oc2c(Cl)cccc2CCN)c1. The lowest BCUT2D eigenvalue weighted by atomic mass is 10.1. The Morgan fingerprint density at radius 1 is 1.11 bits per heavy atom. The van der Waals surface area contributed by atoms with Gasteiger partial charge in [0.1, 0.15) is 11.5 Å². The molecule has 0 heterocycles. The van der Waals surface area contributed by atoms with Gasteiger partial charge < -0.3 is 10.5 Å². The highest BCUT2D eigenvalue weighted by Gasteiger charge is 2.09. The Bertz CT molecular complexity index is 561. The average molecular weight is 276 g/mol. The second kappa shape index (κ2) is 6.09. The Morgan fingerprint density at radius 2 is 1.79 bits per heavy atom. The van der Waals surface area contributed by atoms with Crippen LogP contribution in [0.4, 0.5) is 0 Å². The van der Waals surface area contributed by atoms with Crippen LogP contribution in [0.1, 0.15) is 16.7 Å². The number of hydrogen-bond acceptors (Lipinski definition) is 2. The molecule has 2 aromatic rings. The van der Waals surface area contributed by atoms with Crippen LogP contribution in [0.2, 0.25) is 5.02 Å². The molecule has 100 valence electrons. The molecule has 0 aliphatic rings. The van der Waals surface area contributed by atoms with Gasteiger partial charge in [-0.3, -0.25) is 0 Å². The van der Waals surface area contributed by atoms with Crippen LogP contribution in [0.3, 0.4) is 0 Å². The third kappa shape index (κ3) is 3.49. The van der Waals surface area contributed by atoms with E-state index in [0.29, 0.717) is 17.3 Å². The minimum Gasteiger partial charge on any atom is -0.455 e. The maximum absolute atomic E-state index is 6.23. The zero-order chi connectivity index (χ0) is 13.8.